The molecular formula is C6H10N4O. The Morgan fingerprint density at radius 1 is 1.91 bits per heavy atom. The molecule has 0 saturated carbocycles. The molecule has 0 aromatic carbocycles. The number of hydrogen-bond donors (Lipinski definition) is 3. The highest BCUT2D eigenvalue weighted by atomic mass is 16.5. The smallest absolute Gasteiger partial charge is 0.142 e. The molecule has 4 N–H and O–H groups in total. The van der Waals surface area contributed by atoms with Gasteiger partial charge in [0.15, 0.2) is 0 Å². The Labute approximate surface area is 64.3 Å². The van der Waals surface area contributed by atoms with Crippen LogP contribution in [-0.4, -0.2) is 28.5 Å². The molecule has 1 heterocycles. The molecule has 1 aliphatic rings. The number of rotatable bonds is 1. The first kappa shape index (κ1) is 7.74. The number of nitrogens with zero attached hydrogens (tertiary/aromatic N) is 2. The molecule has 0 saturated heterocycles. The third kappa shape index (κ3) is 1.56. The van der Waals surface area contributed by atoms with Crippen LogP contribution in [0, 0.1) is 5.41 Å². The van der Waals surface area contributed by atoms with Crippen molar-refractivity contribution in [1.82, 2.24) is 5.06 Å². The molecule has 11 heavy (non-hydrogen) atoms. The first-order valence-corrected chi connectivity index (χ1v) is 3.18. The minimum absolute atomic E-state index is 0.0975. The van der Waals surface area contributed by atoms with Crippen LogP contribution in [0.2, 0.25) is 0 Å². The molecule has 1 aliphatic heterocycles. The van der Waals surface area contributed by atoms with Gasteiger partial charge in [-0.3, -0.25) is 15.6 Å². The number of hydrogen-bond acceptors (Lipinski definition) is 4. The van der Waals surface area contributed by atoms with Crippen molar-refractivity contribution >= 4 is 12.1 Å². The minimum atomic E-state index is -0.293. The monoisotopic (exact) mass is 154 g/mol. The fourth-order valence-corrected chi connectivity index (χ4v) is 0.679. The van der Waals surface area contributed by atoms with Gasteiger partial charge in [-0.25, -0.2) is 5.06 Å². The van der Waals surface area contributed by atoms with E-state index >= 15 is 0 Å². The summed E-state index contributed by atoms with van der Waals surface area (Å²) in [6.07, 6.45) is 2.55. The average molecular weight is 154 g/mol. The standard InChI is InChI=1S/C6H10N4O/c1-4-9-2-5(6(7)8)3-10(4)11/h2-4,11H,1H3,(H3,7,8). The van der Waals surface area contributed by atoms with Gasteiger partial charge in [0.2, 0.25) is 0 Å². The van der Waals surface area contributed by atoms with Crippen molar-refractivity contribution in [3.63, 3.8) is 0 Å². The van der Waals surface area contributed by atoms with Crippen molar-refractivity contribution in [3.05, 3.63) is 11.8 Å². The summed E-state index contributed by atoms with van der Waals surface area (Å²) in [6.45, 7) is 1.73. The second kappa shape index (κ2) is 2.71. The lowest BCUT2D eigenvalue weighted by Gasteiger charge is -2.21. The highest BCUT2D eigenvalue weighted by Crippen LogP contribution is 2.06. The van der Waals surface area contributed by atoms with Gasteiger partial charge in [-0.1, -0.05) is 0 Å². The molecule has 0 aromatic rings. The summed E-state index contributed by atoms with van der Waals surface area (Å²) in [7, 11) is 0. The zero-order valence-corrected chi connectivity index (χ0v) is 6.15. The summed E-state index contributed by atoms with van der Waals surface area (Å²) in [4.78, 5) is 3.88. The van der Waals surface area contributed by atoms with Gasteiger partial charge in [-0.15, -0.1) is 0 Å². The Hall–Kier alpha value is -1.36. The zero-order valence-electron chi connectivity index (χ0n) is 6.15. The molecule has 0 bridgehead atoms. The molecule has 0 radical (unpaired) electrons. The van der Waals surface area contributed by atoms with E-state index in [9.17, 15) is 0 Å². The molecule has 0 fully saturated rings. The number of hydroxylamine groups is 2. The number of aliphatic imine (C=N–C) groups is 1. The van der Waals surface area contributed by atoms with E-state index in [1.54, 1.807) is 6.92 Å². The van der Waals surface area contributed by atoms with E-state index in [-0.39, 0.29) is 12.0 Å². The third-order valence-electron chi connectivity index (χ3n) is 1.39. The van der Waals surface area contributed by atoms with Crippen LogP contribution in [0.4, 0.5) is 0 Å². The van der Waals surface area contributed by atoms with Crippen LogP contribution in [-0.2, 0) is 0 Å². The lowest BCUT2D eigenvalue weighted by Crippen LogP contribution is -2.29. The topological polar surface area (TPSA) is 85.7 Å². The van der Waals surface area contributed by atoms with Gasteiger partial charge in [-0.05, 0) is 6.92 Å². The molecule has 0 aliphatic carbocycles. The van der Waals surface area contributed by atoms with E-state index in [1.807, 2.05) is 0 Å². The quantitative estimate of drug-likeness (QED) is 0.365. The van der Waals surface area contributed by atoms with Crippen LogP contribution in [0.15, 0.2) is 16.8 Å². The van der Waals surface area contributed by atoms with Crippen LogP contribution in [0.1, 0.15) is 6.92 Å². The molecule has 1 rings (SSSR count). The summed E-state index contributed by atoms with van der Waals surface area (Å²) in [6, 6.07) is 0. The van der Waals surface area contributed by atoms with Gasteiger partial charge >= 0.3 is 0 Å². The van der Waals surface area contributed by atoms with Gasteiger partial charge in [0, 0.05) is 12.4 Å². The van der Waals surface area contributed by atoms with Crippen LogP contribution in [0.3, 0.4) is 0 Å². The van der Waals surface area contributed by atoms with Crippen molar-refractivity contribution in [2.45, 2.75) is 13.1 Å². The molecule has 0 spiro atoms. The summed E-state index contributed by atoms with van der Waals surface area (Å²) in [5, 5.41) is 17.0. The fraction of sp³-hybridized carbons (Fsp3) is 0.333. The lowest BCUT2D eigenvalue weighted by atomic mass is 10.2. The summed E-state index contributed by atoms with van der Waals surface area (Å²) < 4.78 is 0. The molecule has 0 amide bonds. The number of amidine groups is 1. The largest absolute Gasteiger partial charge is 0.384 e. The predicted molar refractivity (Wildman–Crippen MR) is 41.6 cm³/mol. The van der Waals surface area contributed by atoms with Crippen LogP contribution >= 0.6 is 0 Å². The van der Waals surface area contributed by atoms with E-state index in [0.717, 1.165) is 5.06 Å². The maximum absolute atomic E-state index is 9.09. The van der Waals surface area contributed by atoms with Crippen molar-refractivity contribution < 1.29 is 5.21 Å². The summed E-state index contributed by atoms with van der Waals surface area (Å²) >= 11 is 0. The lowest BCUT2D eigenvalue weighted by molar-refractivity contribution is -0.0719. The molecule has 1 atom stereocenters. The van der Waals surface area contributed by atoms with Crippen LogP contribution < -0.4 is 5.73 Å². The minimum Gasteiger partial charge on any atom is -0.384 e. The maximum atomic E-state index is 9.09. The maximum Gasteiger partial charge on any atom is 0.142 e. The van der Waals surface area contributed by atoms with Gasteiger partial charge < -0.3 is 5.73 Å². The van der Waals surface area contributed by atoms with Crippen LogP contribution in [0.5, 0.6) is 0 Å². The summed E-state index contributed by atoms with van der Waals surface area (Å²) in [5.41, 5.74) is 5.58. The second-order valence-corrected chi connectivity index (χ2v) is 2.29. The first-order valence-electron chi connectivity index (χ1n) is 3.18. The van der Waals surface area contributed by atoms with Crippen molar-refractivity contribution in [1.29, 1.82) is 5.41 Å². The Balaban J connectivity index is 2.80. The molecule has 60 valence electrons. The van der Waals surface area contributed by atoms with E-state index in [0.29, 0.717) is 5.57 Å². The Morgan fingerprint density at radius 2 is 2.55 bits per heavy atom. The Bertz CT molecular complexity index is 233. The molecule has 5 heteroatoms. The zero-order chi connectivity index (χ0) is 8.43. The average Bonchev–Trinajstić information content (AvgIpc) is 1.94. The molecular weight excluding hydrogens is 144 g/mol. The fourth-order valence-electron chi connectivity index (χ4n) is 0.679. The van der Waals surface area contributed by atoms with Crippen LogP contribution in [0.25, 0.3) is 0 Å². The van der Waals surface area contributed by atoms with E-state index < -0.39 is 0 Å². The number of nitrogens with two attached hydrogens (primary N) is 1. The number of nitrogens with one attached hydrogen (secondary N) is 1. The molecule has 0 aromatic heterocycles. The van der Waals surface area contributed by atoms with E-state index in [1.165, 1.54) is 12.4 Å². The molecule has 5 nitrogen and oxygen atoms in total. The van der Waals surface area contributed by atoms with Gasteiger partial charge in [0.1, 0.15) is 12.0 Å². The van der Waals surface area contributed by atoms with Crippen molar-refractivity contribution in [2.75, 3.05) is 0 Å². The highest BCUT2D eigenvalue weighted by molar-refractivity contribution is 6.12. The third-order valence-corrected chi connectivity index (χ3v) is 1.39. The Kier molecular flexibility index (Phi) is 1.91. The first-order chi connectivity index (χ1) is 5.11. The second-order valence-electron chi connectivity index (χ2n) is 2.29. The van der Waals surface area contributed by atoms with Gasteiger partial charge in [0.25, 0.3) is 0 Å². The summed E-state index contributed by atoms with van der Waals surface area (Å²) in [5.74, 6) is -0.0975. The van der Waals surface area contributed by atoms with Crippen molar-refractivity contribution in [3.8, 4) is 0 Å². The van der Waals surface area contributed by atoms with Gasteiger partial charge in [-0.2, -0.15) is 0 Å². The van der Waals surface area contributed by atoms with E-state index in [4.69, 9.17) is 16.4 Å². The predicted octanol–water partition coefficient (Wildman–Crippen LogP) is -0.0721. The van der Waals surface area contributed by atoms with Crippen molar-refractivity contribution in [2.24, 2.45) is 10.7 Å². The molecule has 1 unspecified atom stereocenters. The van der Waals surface area contributed by atoms with E-state index in [2.05, 4.69) is 4.99 Å². The normalized spacial score (nSPS) is 23.3. The van der Waals surface area contributed by atoms with Gasteiger partial charge in [0.05, 0.1) is 5.57 Å². The Morgan fingerprint density at radius 3 is 3.00 bits per heavy atom. The highest BCUT2D eigenvalue weighted by Gasteiger charge is 2.11. The SMILES string of the molecule is CC1N=CC(C(=N)N)=CN1O.